The minimum absolute atomic E-state index is 0.280. The van der Waals surface area contributed by atoms with Crippen molar-refractivity contribution in [3.8, 4) is 78.4 Å². The zero-order valence-corrected chi connectivity index (χ0v) is 34.7. The molecule has 9 aromatic carbocycles. The minimum atomic E-state index is -0.280. The van der Waals surface area contributed by atoms with Crippen molar-refractivity contribution in [2.75, 3.05) is 0 Å². The van der Waals surface area contributed by atoms with Crippen molar-refractivity contribution in [1.29, 1.82) is 0 Å². The van der Waals surface area contributed by atoms with Crippen LogP contribution < -0.4 is 0 Å². The molecule has 0 N–H and O–H groups in total. The number of hydrogen-bond acceptors (Lipinski definition) is 3. The molecule has 3 nitrogen and oxygen atoms in total. The highest BCUT2D eigenvalue weighted by molar-refractivity contribution is 6.06. The van der Waals surface area contributed by atoms with E-state index in [0.717, 1.165) is 77.8 Å². The molecule has 3 heteroatoms. The molecule has 1 aliphatic rings. The maximum atomic E-state index is 6.22. The first-order chi connectivity index (χ1) is 31.1. The molecule has 0 spiro atoms. The Morgan fingerprint density at radius 2 is 0.905 bits per heavy atom. The largest absolute Gasteiger partial charge is 0.456 e. The minimum Gasteiger partial charge on any atom is -0.456 e. The summed E-state index contributed by atoms with van der Waals surface area (Å²) < 4.78 is 6.22. The van der Waals surface area contributed by atoms with Crippen LogP contribution in [-0.2, 0) is 5.41 Å². The molecule has 0 aliphatic heterocycles. The Morgan fingerprint density at radius 1 is 0.349 bits per heavy atom. The van der Waals surface area contributed by atoms with Crippen LogP contribution in [0.4, 0.5) is 0 Å². The molecule has 0 fully saturated rings. The van der Waals surface area contributed by atoms with Gasteiger partial charge in [-0.05, 0) is 117 Å². The first-order valence-electron chi connectivity index (χ1n) is 21.6. The van der Waals surface area contributed by atoms with Crippen LogP contribution in [0.2, 0.25) is 0 Å². The monoisotopic (exact) mass is 804 g/mol. The van der Waals surface area contributed by atoms with Crippen molar-refractivity contribution < 1.29 is 4.42 Å². The van der Waals surface area contributed by atoms with E-state index in [1.165, 1.54) is 33.4 Å². The molecule has 11 aromatic rings. The zero-order valence-electron chi connectivity index (χ0n) is 34.7. The van der Waals surface area contributed by atoms with Gasteiger partial charge in [0.1, 0.15) is 11.2 Å². The van der Waals surface area contributed by atoms with Gasteiger partial charge < -0.3 is 4.42 Å². The van der Waals surface area contributed by atoms with Crippen molar-refractivity contribution in [2.45, 2.75) is 12.3 Å². The summed E-state index contributed by atoms with van der Waals surface area (Å²) in [5.41, 5.74) is 19.5. The zero-order chi connectivity index (χ0) is 41.9. The molecule has 296 valence electrons. The molecule has 2 aromatic heterocycles. The lowest BCUT2D eigenvalue weighted by Crippen LogP contribution is -2.22. The maximum absolute atomic E-state index is 6.22. The number of fused-ring (bicyclic) bond motifs is 6. The van der Waals surface area contributed by atoms with Gasteiger partial charge in [0.25, 0.3) is 0 Å². The second-order valence-electron chi connectivity index (χ2n) is 16.6. The quantitative estimate of drug-likeness (QED) is 0.161. The van der Waals surface area contributed by atoms with Gasteiger partial charge in [-0.3, -0.25) is 0 Å². The lowest BCUT2D eigenvalue weighted by atomic mass is 9.74. The average molecular weight is 805 g/mol. The van der Waals surface area contributed by atoms with Crippen molar-refractivity contribution in [3.05, 3.63) is 241 Å². The average Bonchev–Trinajstić information content (AvgIpc) is 3.87. The molecular weight excluding hydrogens is 765 g/mol. The molecule has 1 atom stereocenters. The van der Waals surface area contributed by atoms with Crippen LogP contribution in [-0.4, -0.2) is 9.97 Å². The molecule has 2 heterocycles. The lowest BCUT2D eigenvalue weighted by molar-refractivity contribution is 0.669. The summed E-state index contributed by atoms with van der Waals surface area (Å²) in [6.07, 6.45) is 0. The smallest absolute Gasteiger partial charge is 0.160 e. The molecule has 0 amide bonds. The van der Waals surface area contributed by atoms with E-state index < -0.39 is 0 Å². The van der Waals surface area contributed by atoms with Gasteiger partial charge in [-0.1, -0.05) is 176 Å². The van der Waals surface area contributed by atoms with E-state index in [0.29, 0.717) is 5.82 Å². The molecule has 0 radical (unpaired) electrons. The third-order valence-electron chi connectivity index (χ3n) is 13.0. The Hall–Kier alpha value is -8.14. The molecule has 1 unspecified atom stereocenters. The van der Waals surface area contributed by atoms with E-state index in [1.807, 2.05) is 30.3 Å². The molecule has 0 saturated heterocycles. The van der Waals surface area contributed by atoms with Crippen LogP contribution in [0.3, 0.4) is 0 Å². The van der Waals surface area contributed by atoms with Crippen molar-refractivity contribution in [1.82, 2.24) is 9.97 Å². The Labute approximate surface area is 366 Å². The topological polar surface area (TPSA) is 38.9 Å². The number of para-hydroxylation sites is 1. The van der Waals surface area contributed by atoms with E-state index in [2.05, 4.69) is 201 Å². The van der Waals surface area contributed by atoms with Gasteiger partial charge in [-0.2, -0.15) is 0 Å². The lowest BCUT2D eigenvalue weighted by Gasteiger charge is -2.28. The van der Waals surface area contributed by atoms with Gasteiger partial charge in [0.2, 0.25) is 0 Å². The predicted molar refractivity (Wildman–Crippen MR) is 259 cm³/mol. The number of hydrogen-bond donors (Lipinski definition) is 0. The van der Waals surface area contributed by atoms with Crippen LogP contribution >= 0.6 is 0 Å². The summed E-state index contributed by atoms with van der Waals surface area (Å²) in [7, 11) is 0. The summed E-state index contributed by atoms with van der Waals surface area (Å²) in [4.78, 5) is 10.6. The van der Waals surface area contributed by atoms with Crippen LogP contribution in [0.1, 0.15) is 23.6 Å². The fraction of sp³-hybridized carbons (Fsp3) is 0.0333. The van der Waals surface area contributed by atoms with Crippen LogP contribution in [0.5, 0.6) is 0 Å². The van der Waals surface area contributed by atoms with Gasteiger partial charge in [-0.25, -0.2) is 9.97 Å². The Balaban J connectivity index is 1.03. The van der Waals surface area contributed by atoms with E-state index in [4.69, 9.17) is 14.4 Å². The molecule has 12 rings (SSSR count). The van der Waals surface area contributed by atoms with Crippen molar-refractivity contribution in [3.63, 3.8) is 0 Å². The molecular formula is C60H40N2O. The van der Waals surface area contributed by atoms with E-state index >= 15 is 0 Å². The van der Waals surface area contributed by atoms with Gasteiger partial charge in [-0.15, -0.1) is 0 Å². The van der Waals surface area contributed by atoms with E-state index in [-0.39, 0.29) is 5.41 Å². The SMILES string of the molecule is CC1(c2ccccc2)c2ccccc2-c2c(-c3cccc(-c4cc(-c5cc(-c6ccccc6)cc(-c6ccc7oc8ccccc8c7c6)c5)nc(-c5ccccc5)n4)c3)cccc21. The van der Waals surface area contributed by atoms with Crippen LogP contribution in [0.25, 0.3) is 100 Å². The third kappa shape index (κ3) is 6.20. The van der Waals surface area contributed by atoms with Gasteiger partial charge in [0.15, 0.2) is 5.82 Å². The second kappa shape index (κ2) is 14.8. The maximum Gasteiger partial charge on any atom is 0.160 e. The third-order valence-corrected chi connectivity index (χ3v) is 13.0. The van der Waals surface area contributed by atoms with Crippen LogP contribution in [0, 0.1) is 0 Å². The number of aromatic nitrogens is 2. The number of rotatable bonds is 7. The van der Waals surface area contributed by atoms with E-state index in [1.54, 1.807) is 0 Å². The highest BCUT2D eigenvalue weighted by Crippen LogP contribution is 2.55. The fourth-order valence-corrected chi connectivity index (χ4v) is 9.81. The number of furan rings is 1. The Morgan fingerprint density at radius 3 is 1.71 bits per heavy atom. The standard InChI is InChI=1S/C60H40N2O/c1-60(47-23-9-4-10-24-47)52-28-13-11-26-50(52)58-48(27-16-29-53(58)60)42-21-15-22-43(33-42)54-38-55(62-59(61-54)40-19-7-3-8-20-40)46-35-44(39-17-5-2-6-18-39)34-45(36-46)41-31-32-57-51(37-41)49-25-12-14-30-56(49)63-57/h2-38H,1H3. The Bertz CT molecular complexity index is 3520. The summed E-state index contributed by atoms with van der Waals surface area (Å²) in [5.74, 6) is 0.680. The van der Waals surface area contributed by atoms with Crippen molar-refractivity contribution in [2.24, 2.45) is 0 Å². The predicted octanol–water partition coefficient (Wildman–Crippen LogP) is 15.7. The molecule has 1 aliphatic carbocycles. The van der Waals surface area contributed by atoms with Gasteiger partial charge in [0, 0.05) is 32.9 Å². The highest BCUT2D eigenvalue weighted by Gasteiger charge is 2.41. The first-order valence-corrected chi connectivity index (χ1v) is 21.6. The van der Waals surface area contributed by atoms with Crippen molar-refractivity contribution >= 4 is 21.9 Å². The second-order valence-corrected chi connectivity index (χ2v) is 16.6. The van der Waals surface area contributed by atoms with Gasteiger partial charge >= 0.3 is 0 Å². The van der Waals surface area contributed by atoms with Crippen LogP contribution in [0.15, 0.2) is 229 Å². The normalized spacial score (nSPS) is 14.2. The number of nitrogens with zero attached hydrogens (tertiary/aromatic N) is 2. The summed E-state index contributed by atoms with van der Waals surface area (Å²) >= 11 is 0. The fourth-order valence-electron chi connectivity index (χ4n) is 9.81. The molecule has 0 saturated carbocycles. The summed E-state index contributed by atoms with van der Waals surface area (Å²) in [5, 5.41) is 2.21. The highest BCUT2D eigenvalue weighted by atomic mass is 16.3. The summed E-state index contributed by atoms with van der Waals surface area (Å²) in [6.45, 7) is 2.37. The summed E-state index contributed by atoms with van der Waals surface area (Å²) in [6, 6.07) is 80.1. The molecule has 63 heavy (non-hydrogen) atoms. The van der Waals surface area contributed by atoms with Gasteiger partial charge in [0.05, 0.1) is 11.4 Å². The first kappa shape index (κ1) is 36.7. The van der Waals surface area contributed by atoms with E-state index in [9.17, 15) is 0 Å². The molecule has 0 bridgehead atoms. The number of benzene rings is 9. The Kier molecular flexibility index (Phi) is 8.62.